The molecule has 6 heteroatoms. The van der Waals surface area contributed by atoms with Crippen LogP contribution in [0.25, 0.3) is 0 Å². The highest BCUT2D eigenvalue weighted by Crippen LogP contribution is 2.16. The second-order valence-electron chi connectivity index (χ2n) is 5.49. The van der Waals surface area contributed by atoms with E-state index in [2.05, 4.69) is 0 Å². The van der Waals surface area contributed by atoms with E-state index in [4.69, 9.17) is 10.5 Å². The number of benzene rings is 1. The molecule has 2 rings (SSSR count). The molecule has 6 nitrogen and oxygen atoms in total. The Morgan fingerprint density at radius 2 is 2.09 bits per heavy atom. The highest BCUT2D eigenvalue weighted by Gasteiger charge is 2.28. The van der Waals surface area contributed by atoms with E-state index in [1.807, 2.05) is 30.3 Å². The molecule has 1 aromatic rings. The first kappa shape index (κ1) is 16.3. The third kappa shape index (κ3) is 4.21. The van der Waals surface area contributed by atoms with E-state index in [1.165, 1.54) is 0 Å². The normalized spacial score (nSPS) is 17.9. The summed E-state index contributed by atoms with van der Waals surface area (Å²) >= 11 is 0. The first-order valence-corrected chi connectivity index (χ1v) is 7.53. The maximum Gasteiger partial charge on any atom is 0.410 e. The van der Waals surface area contributed by atoms with E-state index in [9.17, 15) is 9.59 Å². The molecule has 1 heterocycles. The quantitative estimate of drug-likeness (QED) is 0.907. The average Bonchev–Trinajstić information content (AvgIpc) is 2.59. The molecule has 0 saturated carbocycles. The van der Waals surface area contributed by atoms with Gasteiger partial charge in [-0.25, -0.2) is 4.79 Å². The van der Waals surface area contributed by atoms with Crippen LogP contribution in [0.4, 0.5) is 4.79 Å². The van der Waals surface area contributed by atoms with E-state index in [0.29, 0.717) is 13.1 Å². The number of rotatable bonds is 4. The summed E-state index contributed by atoms with van der Waals surface area (Å²) in [6.45, 7) is 1.49. The van der Waals surface area contributed by atoms with Crippen LogP contribution in [-0.2, 0) is 16.1 Å². The maximum atomic E-state index is 12.1. The van der Waals surface area contributed by atoms with E-state index >= 15 is 0 Å². The molecule has 0 radical (unpaired) electrons. The van der Waals surface area contributed by atoms with Crippen LogP contribution in [0.15, 0.2) is 30.3 Å². The monoisotopic (exact) mass is 305 g/mol. The number of hydrogen-bond donors (Lipinski definition) is 1. The zero-order chi connectivity index (χ0) is 15.9. The molecule has 22 heavy (non-hydrogen) atoms. The molecule has 120 valence electrons. The third-order valence-electron chi connectivity index (χ3n) is 3.96. The Kier molecular flexibility index (Phi) is 5.77. The van der Waals surface area contributed by atoms with Crippen molar-refractivity contribution in [3.63, 3.8) is 0 Å². The van der Waals surface area contributed by atoms with Crippen molar-refractivity contribution in [2.75, 3.05) is 26.7 Å². The number of nitrogens with two attached hydrogens (primary N) is 1. The van der Waals surface area contributed by atoms with Gasteiger partial charge in [0.05, 0.1) is 12.6 Å². The lowest BCUT2D eigenvalue weighted by molar-refractivity contribution is -0.131. The van der Waals surface area contributed by atoms with Gasteiger partial charge in [-0.05, 0) is 18.4 Å². The highest BCUT2D eigenvalue weighted by molar-refractivity contribution is 5.78. The fraction of sp³-hybridized carbons (Fsp3) is 0.500. The molecule has 1 aromatic carbocycles. The van der Waals surface area contributed by atoms with Gasteiger partial charge in [-0.2, -0.15) is 0 Å². The summed E-state index contributed by atoms with van der Waals surface area (Å²) in [5.41, 5.74) is 6.35. The molecule has 1 fully saturated rings. The summed E-state index contributed by atoms with van der Waals surface area (Å²) in [7, 11) is 1.72. The largest absolute Gasteiger partial charge is 0.445 e. The smallest absolute Gasteiger partial charge is 0.410 e. The van der Waals surface area contributed by atoms with E-state index < -0.39 is 0 Å². The fourth-order valence-corrected chi connectivity index (χ4v) is 2.60. The predicted molar refractivity (Wildman–Crippen MR) is 83.0 cm³/mol. The highest BCUT2D eigenvalue weighted by atomic mass is 16.6. The number of ether oxygens (including phenoxy) is 1. The van der Waals surface area contributed by atoms with Crippen LogP contribution in [0, 0.1) is 0 Å². The molecule has 1 saturated heterocycles. The minimum atomic E-state index is -0.365. The zero-order valence-electron chi connectivity index (χ0n) is 12.9. The Balaban J connectivity index is 1.85. The Morgan fingerprint density at radius 3 is 2.77 bits per heavy atom. The van der Waals surface area contributed by atoms with Gasteiger partial charge in [-0.1, -0.05) is 30.3 Å². The molecule has 0 aliphatic carbocycles. The molecule has 1 aliphatic rings. The fourth-order valence-electron chi connectivity index (χ4n) is 2.60. The van der Waals surface area contributed by atoms with Crippen molar-refractivity contribution in [2.45, 2.75) is 25.5 Å². The van der Waals surface area contributed by atoms with Gasteiger partial charge in [-0.15, -0.1) is 0 Å². The van der Waals surface area contributed by atoms with Gasteiger partial charge in [0.1, 0.15) is 6.61 Å². The molecular formula is C16H23N3O3. The van der Waals surface area contributed by atoms with E-state index in [0.717, 1.165) is 18.4 Å². The molecule has 1 aliphatic heterocycles. The number of carbonyl (C=O) groups excluding carboxylic acids is 2. The Labute approximate surface area is 130 Å². The molecule has 1 atom stereocenters. The number of piperidine rings is 1. The van der Waals surface area contributed by atoms with Crippen LogP contribution in [0.3, 0.4) is 0 Å². The van der Waals surface area contributed by atoms with E-state index in [-0.39, 0.29) is 31.2 Å². The molecule has 0 unspecified atom stereocenters. The summed E-state index contributed by atoms with van der Waals surface area (Å²) in [4.78, 5) is 27.1. The average molecular weight is 305 g/mol. The van der Waals surface area contributed by atoms with Gasteiger partial charge < -0.3 is 20.3 Å². The standard InChI is InChI=1S/C16H23N3O3/c1-18(14-8-5-9-19(11-14)15(20)10-17)16(21)22-12-13-6-3-2-4-7-13/h2-4,6-7,14H,5,8-12,17H2,1H3/t14-/m1/s1. The van der Waals surface area contributed by atoms with Crippen LogP contribution in [0.5, 0.6) is 0 Å². The minimum absolute atomic E-state index is 0.00882. The molecule has 2 amide bonds. The first-order chi connectivity index (χ1) is 10.6. The van der Waals surface area contributed by atoms with Gasteiger partial charge >= 0.3 is 6.09 Å². The van der Waals surface area contributed by atoms with Crippen molar-refractivity contribution in [3.05, 3.63) is 35.9 Å². The number of amides is 2. The van der Waals surface area contributed by atoms with E-state index in [1.54, 1.807) is 16.8 Å². The van der Waals surface area contributed by atoms with Crippen LogP contribution in [0.2, 0.25) is 0 Å². The summed E-state index contributed by atoms with van der Waals surface area (Å²) in [5, 5.41) is 0. The second kappa shape index (κ2) is 7.79. The molecule has 0 aromatic heterocycles. The summed E-state index contributed by atoms with van der Waals surface area (Å²) in [6, 6.07) is 9.54. The van der Waals surface area contributed by atoms with Crippen molar-refractivity contribution in [3.8, 4) is 0 Å². The van der Waals surface area contributed by atoms with Gasteiger partial charge in [0.2, 0.25) is 5.91 Å². The number of hydrogen-bond acceptors (Lipinski definition) is 4. The third-order valence-corrected chi connectivity index (χ3v) is 3.96. The van der Waals surface area contributed by atoms with Crippen LogP contribution in [0.1, 0.15) is 18.4 Å². The minimum Gasteiger partial charge on any atom is -0.445 e. The van der Waals surface area contributed by atoms with Gasteiger partial charge in [-0.3, -0.25) is 4.79 Å². The SMILES string of the molecule is CN(C(=O)OCc1ccccc1)[C@@H]1CCCN(C(=O)CN)C1. The number of likely N-dealkylation sites (tertiary alicyclic amines) is 1. The van der Waals surface area contributed by atoms with Gasteiger partial charge in [0.25, 0.3) is 0 Å². The topological polar surface area (TPSA) is 75.9 Å². The second-order valence-corrected chi connectivity index (χ2v) is 5.49. The van der Waals surface area contributed by atoms with Crippen molar-refractivity contribution in [1.82, 2.24) is 9.80 Å². The number of likely N-dealkylation sites (N-methyl/N-ethyl adjacent to an activating group) is 1. The lowest BCUT2D eigenvalue weighted by atomic mass is 10.0. The molecule has 2 N–H and O–H groups in total. The van der Waals surface area contributed by atoms with Crippen molar-refractivity contribution < 1.29 is 14.3 Å². The predicted octanol–water partition coefficient (Wildman–Crippen LogP) is 1.20. The molecule has 0 bridgehead atoms. The summed E-state index contributed by atoms with van der Waals surface area (Å²) in [5.74, 6) is -0.0734. The van der Waals surface area contributed by atoms with Gasteiger partial charge in [0, 0.05) is 20.1 Å². The van der Waals surface area contributed by atoms with Crippen molar-refractivity contribution in [1.29, 1.82) is 0 Å². The molecule has 0 spiro atoms. The Hall–Kier alpha value is -2.08. The van der Waals surface area contributed by atoms with Crippen molar-refractivity contribution in [2.24, 2.45) is 5.73 Å². The van der Waals surface area contributed by atoms with Crippen LogP contribution in [-0.4, -0.2) is 54.5 Å². The first-order valence-electron chi connectivity index (χ1n) is 7.53. The number of nitrogens with zero attached hydrogens (tertiary/aromatic N) is 2. The van der Waals surface area contributed by atoms with Gasteiger partial charge in [0.15, 0.2) is 0 Å². The lowest BCUT2D eigenvalue weighted by Gasteiger charge is -2.37. The van der Waals surface area contributed by atoms with Crippen LogP contribution >= 0.6 is 0 Å². The Bertz CT molecular complexity index is 507. The zero-order valence-corrected chi connectivity index (χ0v) is 12.9. The lowest BCUT2D eigenvalue weighted by Crippen LogP contribution is -2.51. The number of carbonyl (C=O) groups is 2. The summed E-state index contributed by atoms with van der Waals surface area (Å²) < 4.78 is 5.32. The Morgan fingerprint density at radius 1 is 1.36 bits per heavy atom. The summed E-state index contributed by atoms with van der Waals surface area (Å²) in [6.07, 6.45) is 1.37. The van der Waals surface area contributed by atoms with Crippen LogP contribution < -0.4 is 5.73 Å². The maximum absolute atomic E-state index is 12.1. The molecular weight excluding hydrogens is 282 g/mol. The van der Waals surface area contributed by atoms with Crippen molar-refractivity contribution >= 4 is 12.0 Å².